The molecule has 8 aromatic rings. The molecule has 0 saturated heterocycles. The third-order valence-electron chi connectivity index (χ3n) is 12.1. The number of rotatable bonds is 4. The highest BCUT2D eigenvalue weighted by Gasteiger charge is 2.27. The number of aromatic nitrogens is 8. The molecule has 0 fully saturated rings. The fourth-order valence-electron chi connectivity index (χ4n) is 8.36. The molecule has 11 heteroatoms. The van der Waals surface area contributed by atoms with E-state index in [1.807, 2.05) is 32.0 Å². The van der Waals surface area contributed by atoms with Crippen molar-refractivity contribution < 1.29 is 14.3 Å². The highest BCUT2D eigenvalue weighted by atomic mass is 16.5. The van der Waals surface area contributed by atoms with Gasteiger partial charge in [0.2, 0.25) is 0 Å². The molecule has 10 rings (SSSR count). The SMILES string of the molecule is CC(C)OC(=O)c1ccc(Oc2cccc3c4nc5nc(nc6[nH]c(nc7nc(nc([nH]4)c23)-c2ccc(C(C)(C)C)cc2-7)c2ccc(C(C)(C)C)cc62)-c2ccc(C(C)(C)C)cc2-5)cc1. The summed E-state index contributed by atoms with van der Waals surface area (Å²) in [6, 6.07) is 32.1. The van der Waals surface area contributed by atoms with E-state index in [9.17, 15) is 4.79 Å². The first kappa shape index (κ1) is 41.7. The molecule has 0 spiro atoms. The van der Waals surface area contributed by atoms with Crippen molar-refractivity contribution in [3.63, 3.8) is 0 Å². The predicted octanol–water partition coefficient (Wildman–Crippen LogP) is 13.1. The van der Waals surface area contributed by atoms with E-state index in [1.165, 1.54) is 5.56 Å². The molecular weight excluding hydrogens is 809 g/mol. The first-order valence-electron chi connectivity index (χ1n) is 22.2. The minimum absolute atomic E-state index is 0.102. The van der Waals surface area contributed by atoms with E-state index in [4.69, 9.17) is 39.4 Å². The normalized spacial score (nSPS) is 12.7. The summed E-state index contributed by atoms with van der Waals surface area (Å²) in [5.41, 5.74) is 9.38. The van der Waals surface area contributed by atoms with Crippen LogP contribution >= 0.6 is 0 Å². The second-order valence-electron chi connectivity index (χ2n) is 20.4. The summed E-state index contributed by atoms with van der Waals surface area (Å²) in [5, 5.41) is 3.33. The molecule has 2 aliphatic heterocycles. The molecular formula is C54H52N8O3. The maximum Gasteiger partial charge on any atom is 0.338 e. The van der Waals surface area contributed by atoms with Crippen LogP contribution in [-0.2, 0) is 21.0 Å². The lowest BCUT2D eigenvalue weighted by Gasteiger charge is -2.19. The van der Waals surface area contributed by atoms with E-state index < -0.39 is 5.97 Å². The molecule has 0 unspecified atom stereocenters. The first-order chi connectivity index (χ1) is 30.8. The van der Waals surface area contributed by atoms with Gasteiger partial charge in [0.1, 0.15) is 34.1 Å². The van der Waals surface area contributed by atoms with Gasteiger partial charge in [-0.25, -0.2) is 34.7 Å². The van der Waals surface area contributed by atoms with E-state index in [1.54, 1.807) is 24.3 Å². The molecule has 65 heavy (non-hydrogen) atoms. The zero-order valence-electron chi connectivity index (χ0n) is 38.7. The highest BCUT2D eigenvalue weighted by Crippen LogP contribution is 2.42. The van der Waals surface area contributed by atoms with E-state index >= 15 is 0 Å². The third-order valence-corrected chi connectivity index (χ3v) is 12.1. The smallest absolute Gasteiger partial charge is 0.338 e. The van der Waals surface area contributed by atoms with Crippen LogP contribution in [0.15, 0.2) is 97.1 Å². The van der Waals surface area contributed by atoms with Gasteiger partial charge >= 0.3 is 5.97 Å². The van der Waals surface area contributed by atoms with Crippen LogP contribution in [0.1, 0.15) is 103 Å². The molecule has 3 aromatic heterocycles. The lowest BCUT2D eigenvalue weighted by atomic mass is 9.85. The Balaban J connectivity index is 1.30. The van der Waals surface area contributed by atoms with Gasteiger partial charge in [-0.1, -0.05) is 111 Å². The quantitative estimate of drug-likeness (QED) is 0.165. The van der Waals surface area contributed by atoms with Gasteiger partial charge in [-0.15, -0.1) is 0 Å². The van der Waals surface area contributed by atoms with E-state index in [2.05, 4.69) is 127 Å². The Bertz CT molecular complexity index is 3410. The van der Waals surface area contributed by atoms with Crippen molar-refractivity contribution in [2.45, 2.75) is 98.5 Å². The molecule has 5 aromatic carbocycles. The van der Waals surface area contributed by atoms with Crippen LogP contribution in [0.25, 0.3) is 89.7 Å². The molecule has 0 amide bonds. The maximum atomic E-state index is 12.7. The number of fused-ring (bicyclic) bond motifs is 20. The fourth-order valence-corrected chi connectivity index (χ4v) is 8.36. The van der Waals surface area contributed by atoms with Gasteiger partial charge in [-0.05, 0) is 95.3 Å². The Morgan fingerprint density at radius 1 is 0.492 bits per heavy atom. The molecule has 326 valence electrons. The lowest BCUT2D eigenvalue weighted by Crippen LogP contribution is -2.11. The zero-order valence-corrected chi connectivity index (χ0v) is 38.7. The van der Waals surface area contributed by atoms with Crippen molar-refractivity contribution in [2.75, 3.05) is 0 Å². The largest absolute Gasteiger partial charge is 0.459 e. The standard InChI is InChI=1S/C54H52N8O3/c1-28(2)64-51(63)29-15-20-33(21-16-29)65-41-14-12-13-37-42(41)50-61-45-36-24-19-32(54(9,10)11)27-40(36)48(59-45)57-43-34-22-17-30(52(3,4)5)25-38(34)47(55-43)56-44-35-23-18-31(53(6,7)8)26-39(35)49(58-44)60-46(37)62-50/h12-28H,1-11H3,(H2,55,56,57,58,59,60,61,62). The second-order valence-corrected chi connectivity index (χ2v) is 20.4. The number of esters is 1. The number of H-pyrrole nitrogens is 2. The van der Waals surface area contributed by atoms with Crippen molar-refractivity contribution >= 4 is 50.1 Å². The summed E-state index contributed by atoms with van der Waals surface area (Å²) >= 11 is 0. The van der Waals surface area contributed by atoms with E-state index in [-0.39, 0.29) is 22.3 Å². The lowest BCUT2D eigenvalue weighted by molar-refractivity contribution is 0.0378. The number of ether oxygens (including phenoxy) is 2. The monoisotopic (exact) mass is 860 g/mol. The van der Waals surface area contributed by atoms with Gasteiger partial charge in [-0.3, -0.25) is 0 Å². The molecule has 2 N–H and O–H groups in total. The Kier molecular flexibility index (Phi) is 9.57. The van der Waals surface area contributed by atoms with Crippen molar-refractivity contribution in [1.29, 1.82) is 0 Å². The Morgan fingerprint density at radius 3 is 1.52 bits per heavy atom. The number of carbonyl (C=O) groups excluding carboxylic acids is 1. The number of aromatic amines is 2. The number of nitrogens with one attached hydrogen (secondary N) is 2. The fraction of sp³-hybridized carbons (Fsp3) is 0.278. The zero-order chi connectivity index (χ0) is 45.7. The summed E-state index contributed by atoms with van der Waals surface area (Å²) < 4.78 is 12.0. The Labute approximate surface area is 377 Å². The van der Waals surface area contributed by atoms with Crippen LogP contribution in [0.3, 0.4) is 0 Å². The summed E-state index contributed by atoms with van der Waals surface area (Å²) in [6.45, 7) is 23.5. The minimum atomic E-state index is -0.393. The molecule has 5 heterocycles. The number of nitrogens with zero attached hydrogens (tertiary/aromatic N) is 6. The molecule has 0 radical (unpaired) electrons. The van der Waals surface area contributed by atoms with Crippen molar-refractivity contribution in [2.24, 2.45) is 0 Å². The Hall–Kier alpha value is -7.27. The van der Waals surface area contributed by atoms with Crippen LogP contribution in [0.2, 0.25) is 0 Å². The number of hydrogen-bond acceptors (Lipinski definition) is 9. The average molecular weight is 861 g/mol. The molecule has 2 aliphatic rings. The summed E-state index contributed by atoms with van der Waals surface area (Å²) in [5.74, 6) is 2.77. The van der Waals surface area contributed by atoms with Crippen LogP contribution in [0, 0.1) is 0 Å². The second kappa shape index (κ2) is 14.9. The molecule has 8 bridgehead atoms. The summed E-state index contributed by atoms with van der Waals surface area (Å²) in [7, 11) is 0. The van der Waals surface area contributed by atoms with Crippen LogP contribution in [0.4, 0.5) is 0 Å². The molecule has 11 nitrogen and oxygen atoms in total. The van der Waals surface area contributed by atoms with E-state index in [0.717, 1.165) is 49.5 Å². The van der Waals surface area contributed by atoms with Gasteiger partial charge < -0.3 is 19.4 Å². The molecule has 0 saturated carbocycles. The minimum Gasteiger partial charge on any atom is -0.459 e. The highest BCUT2D eigenvalue weighted by molar-refractivity contribution is 6.09. The van der Waals surface area contributed by atoms with Crippen molar-refractivity contribution in [1.82, 2.24) is 39.9 Å². The van der Waals surface area contributed by atoms with Crippen molar-refractivity contribution in [3.05, 3.63) is 119 Å². The number of carbonyl (C=O) groups is 1. The first-order valence-corrected chi connectivity index (χ1v) is 22.2. The number of benzene rings is 5. The van der Waals surface area contributed by atoms with Crippen LogP contribution < -0.4 is 4.74 Å². The average Bonchev–Trinajstić information content (AvgIpc) is 3.98. The predicted molar refractivity (Wildman–Crippen MR) is 259 cm³/mol. The van der Waals surface area contributed by atoms with Gasteiger partial charge in [0.15, 0.2) is 23.3 Å². The van der Waals surface area contributed by atoms with E-state index in [0.29, 0.717) is 68.3 Å². The van der Waals surface area contributed by atoms with Crippen LogP contribution in [0.5, 0.6) is 11.5 Å². The molecule has 0 atom stereocenters. The third kappa shape index (κ3) is 7.58. The van der Waals surface area contributed by atoms with Gasteiger partial charge in [0.05, 0.1) is 17.1 Å². The van der Waals surface area contributed by atoms with Crippen molar-refractivity contribution in [3.8, 4) is 57.1 Å². The maximum absolute atomic E-state index is 12.7. The number of hydrogen-bond donors (Lipinski definition) is 2. The molecule has 0 aliphatic carbocycles. The van der Waals surface area contributed by atoms with Gasteiger partial charge in [0.25, 0.3) is 0 Å². The summed E-state index contributed by atoms with van der Waals surface area (Å²) in [6.07, 6.45) is -0.232. The van der Waals surface area contributed by atoms with Crippen LogP contribution in [-0.4, -0.2) is 51.9 Å². The Morgan fingerprint density at radius 2 is 0.969 bits per heavy atom. The topological polar surface area (TPSA) is 144 Å². The summed E-state index contributed by atoms with van der Waals surface area (Å²) in [4.78, 5) is 51.5. The van der Waals surface area contributed by atoms with Gasteiger partial charge in [-0.2, -0.15) is 0 Å². The van der Waals surface area contributed by atoms with Gasteiger partial charge in [0, 0.05) is 38.4 Å².